The molecule has 1 saturated heterocycles. The molecule has 1 fully saturated rings. The molecule has 1 aromatic heterocycles. The van der Waals surface area contributed by atoms with Gasteiger partial charge in [0.2, 0.25) is 5.09 Å². The van der Waals surface area contributed by atoms with Crippen molar-refractivity contribution >= 4 is 10.0 Å². The van der Waals surface area contributed by atoms with E-state index in [1.807, 2.05) is 0 Å². The Labute approximate surface area is 120 Å². The number of hydrogen-bond donors (Lipinski definition) is 1. The van der Waals surface area contributed by atoms with Crippen LogP contribution in [-0.2, 0) is 21.3 Å². The molecular weight excluding hydrogens is 280 g/mol. The van der Waals surface area contributed by atoms with E-state index < -0.39 is 10.0 Å². The average Bonchev–Trinajstić information content (AvgIpc) is 2.85. The zero-order chi connectivity index (χ0) is 14.8. The Morgan fingerprint density at radius 2 is 2.15 bits per heavy atom. The normalized spacial score (nSPS) is 24.2. The maximum Gasteiger partial charge on any atom is 0.275 e. The van der Waals surface area contributed by atoms with E-state index >= 15 is 0 Å². The van der Waals surface area contributed by atoms with Crippen LogP contribution in [0.4, 0.5) is 0 Å². The Hall–Kier alpha value is -0.890. The minimum atomic E-state index is -3.49. The number of ether oxygens (including phenoxy) is 1. The van der Waals surface area contributed by atoms with Crippen LogP contribution in [0.1, 0.15) is 25.5 Å². The fraction of sp³-hybridized carbons (Fsp3) is 0.692. The maximum absolute atomic E-state index is 11.9. The number of nitrogens with zero attached hydrogens (tertiary/aromatic N) is 1. The van der Waals surface area contributed by atoms with E-state index in [4.69, 9.17) is 9.15 Å². The van der Waals surface area contributed by atoms with Gasteiger partial charge < -0.3 is 14.5 Å². The van der Waals surface area contributed by atoms with E-state index in [9.17, 15) is 8.42 Å². The van der Waals surface area contributed by atoms with Gasteiger partial charge in [0.1, 0.15) is 5.76 Å². The van der Waals surface area contributed by atoms with E-state index in [1.54, 1.807) is 6.07 Å². The van der Waals surface area contributed by atoms with Crippen LogP contribution in [0, 0.1) is 0 Å². The molecule has 6 nitrogen and oxygen atoms in total. The third kappa shape index (κ3) is 3.60. The third-order valence-corrected chi connectivity index (χ3v) is 5.11. The second kappa shape index (κ2) is 6.26. The highest BCUT2D eigenvalue weighted by Gasteiger charge is 2.22. The molecule has 7 heteroatoms. The van der Waals surface area contributed by atoms with E-state index in [1.165, 1.54) is 20.2 Å². The predicted octanol–water partition coefficient (Wildman–Crippen LogP) is 1.19. The highest BCUT2D eigenvalue weighted by atomic mass is 32.2. The summed E-state index contributed by atoms with van der Waals surface area (Å²) in [5.41, 5.74) is 0. The molecule has 0 bridgehead atoms. The topological polar surface area (TPSA) is 71.8 Å². The zero-order valence-electron chi connectivity index (χ0n) is 12.1. The summed E-state index contributed by atoms with van der Waals surface area (Å²) in [7, 11) is -0.519. The van der Waals surface area contributed by atoms with Crippen LogP contribution in [-0.4, -0.2) is 45.6 Å². The molecule has 2 unspecified atom stereocenters. The number of sulfonamides is 1. The second-order valence-electron chi connectivity index (χ2n) is 5.29. The van der Waals surface area contributed by atoms with Crippen molar-refractivity contribution < 1.29 is 17.6 Å². The summed E-state index contributed by atoms with van der Waals surface area (Å²) in [6, 6.07) is 3.59. The van der Waals surface area contributed by atoms with Gasteiger partial charge in [-0.2, -0.15) is 0 Å². The molecule has 1 aliphatic rings. The summed E-state index contributed by atoms with van der Waals surface area (Å²) in [5, 5.41) is 3.37. The lowest BCUT2D eigenvalue weighted by Gasteiger charge is -2.27. The number of hydrogen-bond acceptors (Lipinski definition) is 5. The van der Waals surface area contributed by atoms with E-state index in [0.717, 1.165) is 23.8 Å². The molecule has 20 heavy (non-hydrogen) atoms. The molecule has 0 amide bonds. The molecule has 2 heterocycles. The van der Waals surface area contributed by atoms with Crippen LogP contribution in [0.15, 0.2) is 21.6 Å². The predicted molar refractivity (Wildman–Crippen MR) is 74.9 cm³/mol. The first-order valence-electron chi connectivity index (χ1n) is 6.76. The smallest absolute Gasteiger partial charge is 0.275 e. The third-order valence-electron chi connectivity index (χ3n) is 3.42. The molecule has 0 spiro atoms. The van der Waals surface area contributed by atoms with Crippen LogP contribution in [0.2, 0.25) is 0 Å². The van der Waals surface area contributed by atoms with Crippen molar-refractivity contribution in [3.05, 3.63) is 17.9 Å². The van der Waals surface area contributed by atoms with Crippen molar-refractivity contribution in [1.29, 1.82) is 0 Å². The Bertz CT molecular complexity index is 538. The number of rotatable bonds is 5. The first-order chi connectivity index (χ1) is 9.39. The molecule has 0 aliphatic carbocycles. The molecule has 1 N–H and O–H groups in total. The van der Waals surface area contributed by atoms with Gasteiger partial charge in [0.15, 0.2) is 0 Å². The number of furan rings is 1. The Balaban J connectivity index is 1.93. The molecule has 2 atom stereocenters. The molecule has 1 aliphatic heterocycles. The number of nitrogens with one attached hydrogen (secondary N) is 1. The van der Waals surface area contributed by atoms with Crippen molar-refractivity contribution in [3.63, 3.8) is 0 Å². The summed E-state index contributed by atoms with van der Waals surface area (Å²) in [6.45, 7) is 3.35. The van der Waals surface area contributed by atoms with Gasteiger partial charge in [-0.3, -0.25) is 0 Å². The summed E-state index contributed by atoms with van der Waals surface area (Å²) in [6.07, 6.45) is 2.19. The summed E-state index contributed by atoms with van der Waals surface area (Å²) in [4.78, 5) is 0. The van der Waals surface area contributed by atoms with Gasteiger partial charge in [-0.15, -0.1) is 0 Å². The summed E-state index contributed by atoms with van der Waals surface area (Å²) in [5.74, 6) is 0.629. The minimum absolute atomic E-state index is 0.0142. The first-order valence-corrected chi connectivity index (χ1v) is 8.20. The summed E-state index contributed by atoms with van der Waals surface area (Å²) < 4.78 is 35.8. The van der Waals surface area contributed by atoms with Crippen LogP contribution >= 0.6 is 0 Å². The Kier molecular flexibility index (Phi) is 4.85. The van der Waals surface area contributed by atoms with Gasteiger partial charge in [0.05, 0.1) is 12.6 Å². The van der Waals surface area contributed by atoms with E-state index in [0.29, 0.717) is 18.3 Å². The highest BCUT2D eigenvalue weighted by Crippen LogP contribution is 2.18. The van der Waals surface area contributed by atoms with Crippen LogP contribution in [0.5, 0.6) is 0 Å². The SMILES string of the molecule is CC1CC(NCc2ccc(S(=O)(=O)N(C)C)o2)CCO1. The molecular formula is C13H22N2O4S. The molecule has 114 valence electrons. The largest absolute Gasteiger partial charge is 0.447 e. The monoisotopic (exact) mass is 302 g/mol. The minimum Gasteiger partial charge on any atom is -0.447 e. The Morgan fingerprint density at radius 3 is 2.80 bits per heavy atom. The molecule has 2 rings (SSSR count). The maximum atomic E-state index is 11.9. The molecule has 0 aromatic carbocycles. The molecule has 0 radical (unpaired) electrons. The van der Waals surface area contributed by atoms with Gasteiger partial charge in [-0.1, -0.05) is 0 Å². The van der Waals surface area contributed by atoms with Gasteiger partial charge in [-0.25, -0.2) is 12.7 Å². The van der Waals surface area contributed by atoms with Gasteiger partial charge in [0.25, 0.3) is 10.0 Å². The second-order valence-corrected chi connectivity index (χ2v) is 7.37. The molecule has 0 saturated carbocycles. The highest BCUT2D eigenvalue weighted by molar-refractivity contribution is 7.88. The van der Waals surface area contributed by atoms with Crippen LogP contribution < -0.4 is 5.32 Å². The fourth-order valence-corrected chi connectivity index (χ4v) is 3.01. The zero-order valence-corrected chi connectivity index (χ0v) is 12.9. The van der Waals surface area contributed by atoms with Crippen molar-refractivity contribution in [2.75, 3.05) is 20.7 Å². The van der Waals surface area contributed by atoms with Gasteiger partial charge in [-0.05, 0) is 31.9 Å². The van der Waals surface area contributed by atoms with E-state index in [2.05, 4.69) is 12.2 Å². The lowest BCUT2D eigenvalue weighted by atomic mass is 10.0. The van der Waals surface area contributed by atoms with E-state index in [-0.39, 0.29) is 11.2 Å². The standard InChI is InChI=1S/C13H22N2O4S/c1-10-8-11(6-7-18-10)14-9-12-4-5-13(19-12)20(16,17)15(2)3/h4-5,10-11,14H,6-9H2,1-3H3. The Morgan fingerprint density at radius 1 is 1.40 bits per heavy atom. The van der Waals surface area contributed by atoms with Crippen molar-refractivity contribution in [1.82, 2.24) is 9.62 Å². The lowest BCUT2D eigenvalue weighted by Crippen LogP contribution is -2.37. The van der Waals surface area contributed by atoms with Crippen molar-refractivity contribution in [3.8, 4) is 0 Å². The van der Waals surface area contributed by atoms with Crippen LogP contribution in [0.3, 0.4) is 0 Å². The lowest BCUT2D eigenvalue weighted by molar-refractivity contribution is 0.0127. The summed E-state index contributed by atoms with van der Waals surface area (Å²) >= 11 is 0. The fourth-order valence-electron chi connectivity index (χ4n) is 2.20. The average molecular weight is 302 g/mol. The van der Waals surface area contributed by atoms with Crippen LogP contribution in [0.25, 0.3) is 0 Å². The van der Waals surface area contributed by atoms with Crippen molar-refractivity contribution in [2.45, 2.75) is 43.5 Å². The molecule has 1 aromatic rings. The van der Waals surface area contributed by atoms with Crippen molar-refractivity contribution in [2.24, 2.45) is 0 Å². The quantitative estimate of drug-likeness (QED) is 0.884. The first kappa shape index (κ1) is 15.5. The van der Waals surface area contributed by atoms with Gasteiger partial charge in [0, 0.05) is 26.7 Å². The van der Waals surface area contributed by atoms with Gasteiger partial charge >= 0.3 is 0 Å².